The molecule has 0 N–H and O–H groups in total. The maximum Gasteiger partial charge on any atom is 0.335 e. The van der Waals surface area contributed by atoms with E-state index < -0.39 is 10.2 Å². The third-order valence-electron chi connectivity index (χ3n) is 3.38. The van der Waals surface area contributed by atoms with Gasteiger partial charge in [0.2, 0.25) is 0 Å². The molecule has 1 heterocycles. The SMILES string of the molecule is CC(C)(C)c1cc(-c2ccccc2)cc(C(C)(C)C)[o+]1.[O-][Cl+3]([O-])([O-])[O-]. The zero-order chi connectivity index (χ0) is 19.5. The van der Waals surface area contributed by atoms with Crippen LogP contribution in [0, 0.1) is 10.2 Å². The normalized spacial score (nSPS) is 12.4. The van der Waals surface area contributed by atoms with Crippen LogP contribution < -0.4 is 18.6 Å². The molecule has 138 valence electrons. The van der Waals surface area contributed by atoms with E-state index in [1.54, 1.807) is 0 Å². The van der Waals surface area contributed by atoms with Crippen molar-refractivity contribution in [2.75, 3.05) is 0 Å². The lowest BCUT2D eigenvalue weighted by Gasteiger charge is -2.17. The predicted octanol–water partition coefficient (Wildman–Crippen LogP) is 1.07. The molecular weight excluding hydrogens is 344 g/mol. The highest BCUT2D eigenvalue weighted by Gasteiger charge is 2.33. The van der Waals surface area contributed by atoms with Gasteiger partial charge in [-0.15, -0.1) is 10.2 Å². The van der Waals surface area contributed by atoms with Crippen LogP contribution >= 0.6 is 0 Å². The van der Waals surface area contributed by atoms with Crippen molar-refractivity contribution in [2.24, 2.45) is 0 Å². The van der Waals surface area contributed by atoms with E-state index >= 15 is 0 Å². The van der Waals surface area contributed by atoms with Crippen molar-refractivity contribution < 1.29 is 33.3 Å². The summed E-state index contributed by atoms with van der Waals surface area (Å²) < 4.78 is 40.1. The monoisotopic (exact) mass is 368 g/mol. The fraction of sp³-hybridized carbons (Fsp3) is 0.421. The molecule has 2 rings (SSSR count). The fourth-order valence-corrected chi connectivity index (χ4v) is 2.04. The van der Waals surface area contributed by atoms with Crippen LogP contribution in [0.5, 0.6) is 0 Å². The van der Waals surface area contributed by atoms with Crippen molar-refractivity contribution in [2.45, 2.75) is 52.4 Å². The average molecular weight is 369 g/mol. The van der Waals surface area contributed by atoms with Crippen molar-refractivity contribution in [1.82, 2.24) is 0 Å². The minimum atomic E-state index is -4.94. The van der Waals surface area contributed by atoms with Crippen LogP contribution in [-0.4, -0.2) is 0 Å². The van der Waals surface area contributed by atoms with E-state index in [1.165, 1.54) is 11.1 Å². The van der Waals surface area contributed by atoms with Gasteiger partial charge in [0.25, 0.3) is 0 Å². The smallest absolute Gasteiger partial charge is 0.222 e. The Labute approximate surface area is 151 Å². The third-order valence-corrected chi connectivity index (χ3v) is 3.38. The minimum absolute atomic E-state index is 0.00475. The van der Waals surface area contributed by atoms with Crippen LogP contribution in [0.4, 0.5) is 0 Å². The molecule has 0 radical (unpaired) electrons. The second-order valence-electron chi connectivity index (χ2n) is 7.82. The van der Waals surface area contributed by atoms with Crippen LogP contribution in [-0.2, 0) is 10.8 Å². The van der Waals surface area contributed by atoms with Crippen LogP contribution in [0.1, 0.15) is 53.1 Å². The van der Waals surface area contributed by atoms with E-state index in [9.17, 15) is 0 Å². The first-order valence-electron chi connectivity index (χ1n) is 7.84. The summed E-state index contributed by atoms with van der Waals surface area (Å²) in [6.07, 6.45) is 0. The van der Waals surface area contributed by atoms with E-state index in [1.807, 2.05) is 6.07 Å². The third kappa shape index (κ3) is 7.94. The van der Waals surface area contributed by atoms with E-state index in [-0.39, 0.29) is 10.8 Å². The molecule has 5 nitrogen and oxygen atoms in total. The number of hydrogen-bond acceptors (Lipinski definition) is 4. The van der Waals surface area contributed by atoms with Gasteiger partial charge in [0, 0.05) is 12.1 Å². The van der Waals surface area contributed by atoms with Crippen LogP contribution in [0.25, 0.3) is 11.1 Å². The molecular formula is C19H25ClO5. The van der Waals surface area contributed by atoms with Crippen molar-refractivity contribution in [3.05, 3.63) is 54.0 Å². The quantitative estimate of drug-likeness (QED) is 0.700. The molecule has 0 aliphatic carbocycles. The molecule has 1 aromatic carbocycles. The van der Waals surface area contributed by atoms with Crippen molar-refractivity contribution >= 4 is 0 Å². The zero-order valence-corrected chi connectivity index (χ0v) is 16.2. The summed E-state index contributed by atoms with van der Waals surface area (Å²) in [5.41, 5.74) is 2.47. The van der Waals surface area contributed by atoms with E-state index in [2.05, 4.69) is 77.9 Å². The second-order valence-corrected chi connectivity index (χ2v) is 8.57. The van der Waals surface area contributed by atoms with E-state index in [0.717, 1.165) is 11.5 Å². The number of rotatable bonds is 1. The molecule has 0 amide bonds. The van der Waals surface area contributed by atoms with Gasteiger partial charge in [-0.1, -0.05) is 30.3 Å². The van der Waals surface area contributed by atoms with E-state index in [0.29, 0.717) is 0 Å². The molecule has 0 saturated carbocycles. The van der Waals surface area contributed by atoms with Gasteiger partial charge in [0.15, 0.2) is 0 Å². The molecule has 0 aliphatic heterocycles. The number of benzene rings is 1. The van der Waals surface area contributed by atoms with Crippen LogP contribution in [0.2, 0.25) is 0 Å². The molecule has 0 fully saturated rings. The van der Waals surface area contributed by atoms with Gasteiger partial charge < -0.3 is 0 Å². The highest BCUT2D eigenvalue weighted by atomic mass is 35.7. The van der Waals surface area contributed by atoms with Gasteiger partial charge >= 0.3 is 11.5 Å². The average Bonchev–Trinajstić information content (AvgIpc) is 2.44. The van der Waals surface area contributed by atoms with Gasteiger partial charge in [-0.05, 0) is 52.7 Å². The highest BCUT2D eigenvalue weighted by Crippen LogP contribution is 2.33. The summed E-state index contributed by atoms with van der Waals surface area (Å²) >= 11 is 0. The molecule has 0 atom stereocenters. The minimum Gasteiger partial charge on any atom is -0.222 e. The maximum atomic E-state index is 8.49. The largest absolute Gasteiger partial charge is 0.335 e. The summed E-state index contributed by atoms with van der Waals surface area (Å²) in [6, 6.07) is 14.8. The van der Waals surface area contributed by atoms with Crippen LogP contribution in [0.15, 0.2) is 46.9 Å². The number of halogens is 1. The molecule has 0 unspecified atom stereocenters. The standard InChI is InChI=1S/C19H25O.ClHO4/c1-18(2,3)16-12-15(14-10-8-7-9-11-14)13-17(20-16)19(4,5)6;2-1(3,4)5/h7-13H,1-6H3;(H,2,3,4,5)/q+1;/p-1. The lowest BCUT2D eigenvalue weighted by atomic mass is 9.87. The second kappa shape index (κ2) is 7.81. The zero-order valence-electron chi connectivity index (χ0n) is 15.5. The molecule has 0 aliphatic rings. The Morgan fingerprint density at radius 2 is 1.04 bits per heavy atom. The van der Waals surface area contributed by atoms with Gasteiger partial charge in [-0.25, -0.2) is 23.1 Å². The van der Waals surface area contributed by atoms with Crippen molar-refractivity contribution in [3.8, 4) is 11.1 Å². The summed E-state index contributed by atoms with van der Waals surface area (Å²) in [7, 11) is -4.94. The first kappa shape index (κ1) is 21.5. The Bertz CT molecular complexity index is 641. The summed E-state index contributed by atoms with van der Waals surface area (Å²) in [4.78, 5) is 0. The lowest BCUT2D eigenvalue weighted by Crippen LogP contribution is -2.68. The van der Waals surface area contributed by atoms with Crippen molar-refractivity contribution in [1.29, 1.82) is 0 Å². The molecule has 25 heavy (non-hydrogen) atoms. The predicted molar refractivity (Wildman–Crippen MR) is 86.0 cm³/mol. The van der Waals surface area contributed by atoms with Gasteiger partial charge in [-0.2, -0.15) is 0 Å². The molecule has 2 aromatic rings. The maximum absolute atomic E-state index is 8.49. The Morgan fingerprint density at radius 1 is 0.680 bits per heavy atom. The molecule has 0 spiro atoms. The summed E-state index contributed by atoms with van der Waals surface area (Å²) in [5, 5.41) is 0. The first-order valence-corrected chi connectivity index (χ1v) is 9.08. The molecule has 0 saturated heterocycles. The Kier molecular flexibility index (Phi) is 6.73. The molecule has 0 bridgehead atoms. The number of hydrogen-bond donors (Lipinski definition) is 0. The van der Waals surface area contributed by atoms with Gasteiger partial charge in [0.05, 0.1) is 10.8 Å². The lowest BCUT2D eigenvalue weighted by molar-refractivity contribution is -2.00. The fourth-order valence-electron chi connectivity index (χ4n) is 2.04. The van der Waals surface area contributed by atoms with Gasteiger partial charge in [0.1, 0.15) is 0 Å². The van der Waals surface area contributed by atoms with Crippen LogP contribution in [0.3, 0.4) is 0 Å². The molecule has 1 aromatic heterocycles. The van der Waals surface area contributed by atoms with Crippen molar-refractivity contribution in [3.63, 3.8) is 0 Å². The summed E-state index contributed by atoms with van der Waals surface area (Å²) in [6.45, 7) is 13.1. The van der Waals surface area contributed by atoms with Gasteiger partial charge in [-0.3, -0.25) is 0 Å². The topological polar surface area (TPSA) is 104 Å². The van der Waals surface area contributed by atoms with E-state index in [4.69, 9.17) is 23.1 Å². The Hall–Kier alpha value is -1.50. The Balaban J connectivity index is 0.000000550. The first-order chi connectivity index (χ1) is 11.2. The Morgan fingerprint density at radius 3 is 1.36 bits per heavy atom. The summed E-state index contributed by atoms with van der Waals surface area (Å²) in [5.74, 6) is 2.06. The highest BCUT2D eigenvalue weighted by molar-refractivity contribution is 5.64. The molecule has 6 heteroatoms.